The highest BCUT2D eigenvalue weighted by Gasteiger charge is 2.58. The second-order valence-corrected chi connectivity index (χ2v) is 9.21. The lowest BCUT2D eigenvalue weighted by atomic mass is 9.97. The summed E-state index contributed by atoms with van der Waals surface area (Å²) in [6.45, 7) is 2.01. The first-order valence-electron chi connectivity index (χ1n) is 10.0. The number of nitrogens with zero attached hydrogens (tertiary/aromatic N) is 1. The van der Waals surface area contributed by atoms with E-state index in [1.54, 1.807) is 6.92 Å². The summed E-state index contributed by atoms with van der Waals surface area (Å²) in [5, 5.41) is 0. The van der Waals surface area contributed by atoms with Crippen LogP contribution in [0.25, 0.3) is 0 Å². The van der Waals surface area contributed by atoms with Crippen molar-refractivity contribution in [1.82, 2.24) is 4.90 Å². The normalized spacial score (nSPS) is 25.4. The Morgan fingerprint density at radius 1 is 1.07 bits per heavy atom. The van der Waals surface area contributed by atoms with E-state index in [-0.39, 0.29) is 31.2 Å². The van der Waals surface area contributed by atoms with Crippen molar-refractivity contribution in [2.45, 2.75) is 37.6 Å². The van der Waals surface area contributed by atoms with E-state index in [4.69, 9.17) is 8.92 Å². The first-order valence-corrected chi connectivity index (χ1v) is 11.8. The third kappa shape index (κ3) is 4.33. The van der Waals surface area contributed by atoms with Crippen LogP contribution in [0.15, 0.2) is 72.3 Å². The summed E-state index contributed by atoms with van der Waals surface area (Å²) in [6.07, 6.45) is 2.52. The number of carbonyl (C=O) groups is 1. The molecule has 4 atom stereocenters. The largest absolute Gasteiger partial charge is 0.463 e. The van der Waals surface area contributed by atoms with Crippen LogP contribution in [0.2, 0.25) is 0 Å². The van der Waals surface area contributed by atoms with Gasteiger partial charge in [-0.1, -0.05) is 66.7 Å². The average molecular weight is 428 g/mol. The molecule has 0 amide bonds. The Bertz CT molecular complexity index is 996. The van der Waals surface area contributed by atoms with Gasteiger partial charge in [-0.05, 0) is 18.1 Å². The molecule has 0 spiro atoms. The van der Waals surface area contributed by atoms with Gasteiger partial charge in [-0.2, -0.15) is 8.42 Å². The Morgan fingerprint density at radius 2 is 1.63 bits per heavy atom. The summed E-state index contributed by atoms with van der Waals surface area (Å²) in [5.74, 6) is -0.416. The standard InChI is InChI=1S/C23H25NO5S/c1-3-28-23(25)18-14-19-22(20(15-18)29-30(2,26)27)24(19)21(16-10-6-4-7-11-16)17-12-8-5-9-13-17/h4-14,19-22H,3,15H2,1-2H3/t19-,20-,22+,24?/m0/s1. The molecule has 1 unspecified atom stereocenters. The number of hydrogen-bond donors (Lipinski definition) is 0. The number of carbonyl (C=O) groups excluding carboxylic acids is 1. The summed E-state index contributed by atoms with van der Waals surface area (Å²) >= 11 is 0. The van der Waals surface area contributed by atoms with E-state index in [1.807, 2.05) is 42.5 Å². The molecule has 1 fully saturated rings. The molecule has 1 heterocycles. The van der Waals surface area contributed by atoms with Crippen LogP contribution in [0.1, 0.15) is 30.5 Å². The topological polar surface area (TPSA) is 72.7 Å². The number of hydrogen-bond acceptors (Lipinski definition) is 6. The molecule has 2 aromatic rings. The van der Waals surface area contributed by atoms with Crippen LogP contribution in [0.4, 0.5) is 0 Å². The summed E-state index contributed by atoms with van der Waals surface area (Å²) < 4.78 is 34.4. The van der Waals surface area contributed by atoms with Crippen molar-refractivity contribution in [3.05, 3.63) is 83.4 Å². The molecule has 1 saturated heterocycles. The lowest BCUT2D eigenvalue weighted by Gasteiger charge is -2.23. The van der Waals surface area contributed by atoms with E-state index in [0.717, 1.165) is 17.4 Å². The van der Waals surface area contributed by atoms with Gasteiger partial charge in [0, 0.05) is 18.0 Å². The van der Waals surface area contributed by atoms with Gasteiger partial charge in [-0.15, -0.1) is 0 Å². The minimum Gasteiger partial charge on any atom is -0.463 e. The Kier molecular flexibility index (Phi) is 5.77. The summed E-state index contributed by atoms with van der Waals surface area (Å²) in [6, 6.07) is 19.8. The van der Waals surface area contributed by atoms with E-state index in [9.17, 15) is 13.2 Å². The van der Waals surface area contributed by atoms with Crippen molar-refractivity contribution in [3.8, 4) is 0 Å². The highest BCUT2D eigenvalue weighted by Crippen LogP contribution is 2.49. The maximum absolute atomic E-state index is 12.4. The van der Waals surface area contributed by atoms with Crippen LogP contribution >= 0.6 is 0 Å². The van der Waals surface area contributed by atoms with Crippen LogP contribution in [0.3, 0.4) is 0 Å². The van der Waals surface area contributed by atoms with Crippen molar-refractivity contribution in [2.24, 2.45) is 0 Å². The van der Waals surface area contributed by atoms with E-state index >= 15 is 0 Å². The van der Waals surface area contributed by atoms with Gasteiger partial charge in [0.1, 0.15) is 0 Å². The molecule has 7 heteroatoms. The average Bonchev–Trinajstić information content (AvgIpc) is 3.43. The summed E-state index contributed by atoms with van der Waals surface area (Å²) in [5.41, 5.74) is 2.67. The quantitative estimate of drug-likeness (QED) is 0.384. The molecule has 30 heavy (non-hydrogen) atoms. The smallest absolute Gasteiger partial charge is 0.333 e. The van der Waals surface area contributed by atoms with Gasteiger partial charge in [0.15, 0.2) is 0 Å². The van der Waals surface area contributed by atoms with Crippen LogP contribution in [-0.2, 0) is 23.8 Å². The fourth-order valence-corrected chi connectivity index (χ4v) is 4.97. The number of esters is 1. The van der Waals surface area contributed by atoms with Gasteiger partial charge in [0.2, 0.25) is 0 Å². The summed E-state index contributed by atoms with van der Waals surface area (Å²) in [4.78, 5) is 14.6. The van der Waals surface area contributed by atoms with Crippen LogP contribution in [0, 0.1) is 0 Å². The first-order chi connectivity index (χ1) is 14.4. The third-order valence-corrected chi connectivity index (χ3v) is 6.08. The van der Waals surface area contributed by atoms with Crippen LogP contribution in [-0.4, -0.2) is 50.3 Å². The molecular weight excluding hydrogens is 402 g/mol. The molecule has 0 saturated carbocycles. The molecule has 1 aliphatic heterocycles. The highest BCUT2D eigenvalue weighted by molar-refractivity contribution is 7.86. The SMILES string of the molecule is CCOC(=O)C1=C[C@H]2[C@H]([C@@H](OS(C)(=O)=O)C1)N2C(c1ccccc1)c1ccccc1. The Hall–Kier alpha value is -2.48. The van der Waals surface area contributed by atoms with Gasteiger partial charge >= 0.3 is 5.97 Å². The highest BCUT2D eigenvalue weighted by atomic mass is 32.2. The Labute approximate surface area is 177 Å². The van der Waals surface area contributed by atoms with Crippen molar-refractivity contribution >= 4 is 16.1 Å². The molecule has 158 valence electrons. The second kappa shape index (κ2) is 8.34. The minimum atomic E-state index is -3.68. The van der Waals surface area contributed by atoms with Gasteiger partial charge in [-0.25, -0.2) is 4.79 Å². The van der Waals surface area contributed by atoms with Crippen molar-refractivity contribution < 1.29 is 22.1 Å². The predicted octanol–water partition coefficient (Wildman–Crippen LogP) is 3.07. The van der Waals surface area contributed by atoms with Crippen LogP contribution < -0.4 is 0 Å². The number of ether oxygens (including phenoxy) is 1. The van der Waals surface area contributed by atoms with Crippen molar-refractivity contribution in [3.63, 3.8) is 0 Å². The van der Waals surface area contributed by atoms with E-state index < -0.39 is 22.2 Å². The number of fused-ring (bicyclic) bond motifs is 1. The molecule has 2 aromatic carbocycles. The van der Waals surface area contributed by atoms with E-state index in [2.05, 4.69) is 29.2 Å². The van der Waals surface area contributed by atoms with Gasteiger partial charge in [0.05, 0.1) is 31.1 Å². The number of rotatable bonds is 7. The van der Waals surface area contributed by atoms with Gasteiger partial charge in [-0.3, -0.25) is 9.08 Å². The van der Waals surface area contributed by atoms with Crippen molar-refractivity contribution in [2.75, 3.05) is 12.9 Å². The maximum Gasteiger partial charge on any atom is 0.333 e. The Balaban J connectivity index is 1.73. The molecule has 6 nitrogen and oxygen atoms in total. The lowest BCUT2D eigenvalue weighted by Crippen LogP contribution is -2.31. The zero-order valence-corrected chi connectivity index (χ0v) is 17.8. The molecule has 1 aliphatic carbocycles. The fraction of sp³-hybridized carbons (Fsp3) is 0.348. The third-order valence-electron chi connectivity index (χ3n) is 5.49. The zero-order valence-electron chi connectivity index (χ0n) is 17.0. The van der Waals surface area contributed by atoms with Crippen LogP contribution in [0.5, 0.6) is 0 Å². The molecular formula is C23H25NO5S. The minimum absolute atomic E-state index is 0.0779. The predicted molar refractivity (Wildman–Crippen MR) is 113 cm³/mol. The summed E-state index contributed by atoms with van der Waals surface area (Å²) in [7, 11) is -3.68. The molecule has 0 radical (unpaired) electrons. The van der Waals surface area contributed by atoms with E-state index in [1.165, 1.54) is 0 Å². The lowest BCUT2D eigenvalue weighted by molar-refractivity contribution is -0.139. The molecule has 0 bridgehead atoms. The second-order valence-electron chi connectivity index (χ2n) is 7.61. The van der Waals surface area contributed by atoms with Gasteiger partial charge < -0.3 is 4.74 Å². The van der Waals surface area contributed by atoms with E-state index in [0.29, 0.717) is 5.57 Å². The van der Waals surface area contributed by atoms with Gasteiger partial charge in [0.25, 0.3) is 10.1 Å². The maximum atomic E-state index is 12.4. The molecule has 2 aliphatic rings. The first kappa shape index (κ1) is 20.8. The molecule has 0 aromatic heterocycles. The zero-order chi connectivity index (χ0) is 21.3. The molecule has 0 N–H and O–H groups in total. The Morgan fingerprint density at radius 3 is 2.13 bits per heavy atom. The van der Waals surface area contributed by atoms with Crippen molar-refractivity contribution in [1.29, 1.82) is 0 Å². The fourth-order valence-electron chi connectivity index (χ4n) is 4.34. The number of benzene rings is 2. The molecule has 4 rings (SSSR count). The monoisotopic (exact) mass is 427 g/mol.